The van der Waals surface area contributed by atoms with Gasteiger partial charge in [-0.25, -0.2) is 0 Å². The van der Waals surface area contributed by atoms with Crippen LogP contribution in [0.15, 0.2) is 0 Å². The number of nitrogens with zero attached hydrogens (tertiary/aromatic N) is 4. The Hall–Kier alpha value is -1.01. The van der Waals surface area contributed by atoms with Crippen LogP contribution in [0.3, 0.4) is 0 Å². The summed E-state index contributed by atoms with van der Waals surface area (Å²) in [5, 5.41) is 17.6. The fourth-order valence-electron chi connectivity index (χ4n) is 2.55. The molecule has 92 valence electrons. The van der Waals surface area contributed by atoms with Crippen LogP contribution in [0.5, 0.6) is 0 Å². The van der Waals surface area contributed by atoms with E-state index in [0.29, 0.717) is 5.92 Å². The molecule has 0 spiro atoms. The lowest BCUT2D eigenvalue weighted by atomic mass is 9.77. The minimum absolute atomic E-state index is 0.178. The van der Waals surface area contributed by atoms with Crippen molar-refractivity contribution >= 4 is 16.3 Å². The molecule has 1 aliphatic heterocycles. The second kappa shape index (κ2) is 3.74. The minimum atomic E-state index is 0.178. The summed E-state index contributed by atoms with van der Waals surface area (Å²) >= 11 is 1.68. The number of fused-ring (bicyclic) bond motifs is 1. The van der Waals surface area contributed by atoms with Crippen molar-refractivity contribution < 1.29 is 0 Å². The first kappa shape index (κ1) is 11.1. The maximum atomic E-state index is 4.72. The van der Waals surface area contributed by atoms with Crippen LogP contribution < -0.4 is 5.32 Å². The van der Waals surface area contributed by atoms with E-state index in [1.54, 1.807) is 11.3 Å². The molecular formula is C11H17N5S. The van der Waals surface area contributed by atoms with E-state index in [1.807, 2.05) is 11.4 Å². The van der Waals surface area contributed by atoms with Gasteiger partial charge >= 0.3 is 0 Å². The molecule has 1 aliphatic rings. The first-order valence-corrected chi connectivity index (χ1v) is 6.85. The Morgan fingerprint density at radius 2 is 2.24 bits per heavy atom. The van der Waals surface area contributed by atoms with E-state index in [-0.39, 0.29) is 5.41 Å². The predicted octanol–water partition coefficient (Wildman–Crippen LogP) is 1.38. The molecule has 0 saturated carbocycles. The SMILES string of the molecule is Cc1nnc2sc(C3(C(C)C)CCNC3)nn12. The van der Waals surface area contributed by atoms with Crippen LogP contribution in [0.4, 0.5) is 0 Å². The lowest BCUT2D eigenvalue weighted by molar-refractivity contribution is 0.332. The van der Waals surface area contributed by atoms with E-state index >= 15 is 0 Å². The fourth-order valence-corrected chi connectivity index (χ4v) is 3.80. The molecule has 5 nitrogen and oxygen atoms in total. The van der Waals surface area contributed by atoms with Crippen LogP contribution >= 0.6 is 11.3 Å². The highest BCUT2D eigenvalue weighted by Gasteiger charge is 2.41. The van der Waals surface area contributed by atoms with Crippen molar-refractivity contribution in [3.63, 3.8) is 0 Å². The molecule has 1 atom stereocenters. The van der Waals surface area contributed by atoms with E-state index in [0.717, 1.165) is 30.3 Å². The summed E-state index contributed by atoms with van der Waals surface area (Å²) in [6.45, 7) is 8.61. The lowest BCUT2D eigenvalue weighted by Crippen LogP contribution is -2.34. The van der Waals surface area contributed by atoms with Crippen LogP contribution in [0, 0.1) is 12.8 Å². The Bertz CT molecular complexity index is 535. The third kappa shape index (κ3) is 1.51. The van der Waals surface area contributed by atoms with Gasteiger partial charge in [0.15, 0.2) is 5.82 Å². The van der Waals surface area contributed by atoms with Crippen molar-refractivity contribution in [2.45, 2.75) is 32.6 Å². The topological polar surface area (TPSA) is 55.1 Å². The summed E-state index contributed by atoms with van der Waals surface area (Å²) in [7, 11) is 0. The number of nitrogens with one attached hydrogen (secondary N) is 1. The molecular weight excluding hydrogens is 234 g/mol. The van der Waals surface area contributed by atoms with Gasteiger partial charge in [-0.15, -0.1) is 10.2 Å². The van der Waals surface area contributed by atoms with Gasteiger partial charge in [-0.05, 0) is 25.8 Å². The highest BCUT2D eigenvalue weighted by atomic mass is 32.1. The van der Waals surface area contributed by atoms with E-state index < -0.39 is 0 Å². The molecule has 1 fully saturated rings. The van der Waals surface area contributed by atoms with Gasteiger partial charge < -0.3 is 5.32 Å². The minimum Gasteiger partial charge on any atom is -0.316 e. The molecule has 0 aromatic carbocycles. The molecule has 0 aliphatic carbocycles. The predicted molar refractivity (Wildman–Crippen MR) is 67.4 cm³/mol. The molecule has 17 heavy (non-hydrogen) atoms. The summed E-state index contributed by atoms with van der Waals surface area (Å²) in [6, 6.07) is 0. The Morgan fingerprint density at radius 3 is 2.82 bits per heavy atom. The third-order valence-electron chi connectivity index (χ3n) is 3.87. The van der Waals surface area contributed by atoms with E-state index in [1.165, 1.54) is 5.01 Å². The van der Waals surface area contributed by atoms with E-state index in [4.69, 9.17) is 5.10 Å². The average molecular weight is 251 g/mol. The van der Waals surface area contributed by atoms with Gasteiger partial charge in [-0.1, -0.05) is 25.2 Å². The molecule has 6 heteroatoms. The van der Waals surface area contributed by atoms with E-state index in [2.05, 4.69) is 29.4 Å². The molecule has 3 heterocycles. The molecule has 3 rings (SSSR count). The van der Waals surface area contributed by atoms with Gasteiger partial charge in [0.2, 0.25) is 4.96 Å². The monoisotopic (exact) mass is 251 g/mol. The van der Waals surface area contributed by atoms with Crippen molar-refractivity contribution in [1.29, 1.82) is 0 Å². The molecule has 0 bridgehead atoms. The van der Waals surface area contributed by atoms with Crippen LogP contribution in [-0.4, -0.2) is 32.9 Å². The summed E-state index contributed by atoms with van der Waals surface area (Å²) in [4.78, 5) is 0.907. The van der Waals surface area contributed by atoms with Crippen molar-refractivity contribution in [1.82, 2.24) is 25.1 Å². The zero-order valence-electron chi connectivity index (χ0n) is 10.4. The molecule has 0 amide bonds. The third-order valence-corrected chi connectivity index (χ3v) is 4.98. The maximum Gasteiger partial charge on any atom is 0.234 e. The maximum absolute atomic E-state index is 4.72. The molecule has 1 unspecified atom stereocenters. The molecule has 2 aromatic rings. The standard InChI is InChI=1S/C11H17N5S/c1-7(2)11(4-5-12-6-11)9-15-16-8(3)13-14-10(16)17-9/h7,12H,4-6H2,1-3H3. The molecule has 1 saturated heterocycles. The second-order valence-corrected chi connectivity index (χ2v) is 6.04. The van der Waals surface area contributed by atoms with Gasteiger partial charge in [0.25, 0.3) is 0 Å². The van der Waals surface area contributed by atoms with Gasteiger partial charge in [-0.3, -0.25) is 0 Å². The van der Waals surface area contributed by atoms with Gasteiger partial charge in [0, 0.05) is 12.0 Å². The number of hydrogen-bond acceptors (Lipinski definition) is 5. The van der Waals surface area contributed by atoms with E-state index in [9.17, 15) is 0 Å². The first-order chi connectivity index (χ1) is 8.13. The first-order valence-electron chi connectivity index (χ1n) is 6.03. The number of hydrogen-bond donors (Lipinski definition) is 1. The fraction of sp³-hybridized carbons (Fsp3) is 0.727. The smallest absolute Gasteiger partial charge is 0.234 e. The zero-order valence-corrected chi connectivity index (χ0v) is 11.2. The highest BCUT2D eigenvalue weighted by molar-refractivity contribution is 7.16. The summed E-state index contributed by atoms with van der Waals surface area (Å²) in [5.74, 6) is 1.45. The highest BCUT2D eigenvalue weighted by Crippen LogP contribution is 2.39. The Kier molecular flexibility index (Phi) is 2.45. The molecule has 1 N–H and O–H groups in total. The Labute approximate surface area is 104 Å². The summed E-state index contributed by atoms with van der Waals surface area (Å²) < 4.78 is 1.86. The largest absolute Gasteiger partial charge is 0.316 e. The van der Waals surface area contributed by atoms with Gasteiger partial charge in [-0.2, -0.15) is 9.61 Å². The normalized spacial score (nSPS) is 25.2. The van der Waals surface area contributed by atoms with Crippen molar-refractivity contribution in [2.24, 2.45) is 5.92 Å². The molecule has 0 radical (unpaired) electrons. The zero-order chi connectivity index (χ0) is 12.0. The summed E-state index contributed by atoms with van der Waals surface area (Å²) in [6.07, 6.45) is 1.16. The Balaban J connectivity index is 2.12. The van der Waals surface area contributed by atoms with Crippen molar-refractivity contribution in [2.75, 3.05) is 13.1 Å². The lowest BCUT2D eigenvalue weighted by Gasteiger charge is -2.29. The number of aromatic nitrogens is 4. The molecule has 2 aromatic heterocycles. The Morgan fingerprint density at radius 1 is 1.41 bits per heavy atom. The summed E-state index contributed by atoms with van der Waals surface area (Å²) in [5.41, 5.74) is 0.178. The van der Waals surface area contributed by atoms with Gasteiger partial charge in [0.1, 0.15) is 5.01 Å². The average Bonchev–Trinajstić information content (AvgIpc) is 2.95. The van der Waals surface area contributed by atoms with Crippen LogP contribution in [0.25, 0.3) is 4.96 Å². The van der Waals surface area contributed by atoms with Gasteiger partial charge in [0.05, 0.1) is 0 Å². The van der Waals surface area contributed by atoms with Crippen LogP contribution in [0.1, 0.15) is 31.1 Å². The second-order valence-electron chi connectivity index (χ2n) is 5.09. The van der Waals surface area contributed by atoms with Crippen molar-refractivity contribution in [3.8, 4) is 0 Å². The van der Waals surface area contributed by atoms with Crippen molar-refractivity contribution in [3.05, 3.63) is 10.8 Å². The number of rotatable bonds is 2. The number of aryl methyl sites for hydroxylation is 1. The van der Waals surface area contributed by atoms with Crippen LogP contribution in [0.2, 0.25) is 0 Å². The quantitative estimate of drug-likeness (QED) is 0.876. The van der Waals surface area contributed by atoms with Crippen LogP contribution in [-0.2, 0) is 5.41 Å².